The zero-order chi connectivity index (χ0) is 35.1. The van der Waals surface area contributed by atoms with Gasteiger partial charge in [-0.1, -0.05) is 116 Å². The Labute approximate surface area is 312 Å². The Morgan fingerprint density at radius 1 is 0.774 bits per heavy atom. The van der Waals surface area contributed by atoms with Crippen LogP contribution in [0.1, 0.15) is 75.0 Å². The van der Waals surface area contributed by atoms with Crippen LogP contribution in [-0.4, -0.2) is 16.8 Å². The van der Waals surface area contributed by atoms with Gasteiger partial charge in [-0.05, 0) is 104 Å². The Balaban J connectivity index is 1.13. The molecule has 1 fully saturated rings. The number of allylic oxidation sites excluding steroid dienone is 9. The molecule has 0 bridgehead atoms. The predicted molar refractivity (Wildman–Crippen MR) is 217 cm³/mol. The van der Waals surface area contributed by atoms with E-state index in [4.69, 9.17) is 9.47 Å². The van der Waals surface area contributed by atoms with Gasteiger partial charge < -0.3 is 14.0 Å². The number of ether oxygens (including phenoxy) is 2. The Morgan fingerprint density at radius 2 is 1.62 bits per heavy atom. The summed E-state index contributed by atoms with van der Waals surface area (Å²) in [4.78, 5) is 0. The first-order chi connectivity index (χ1) is 26.2. The molecule has 3 heteroatoms. The van der Waals surface area contributed by atoms with Crippen LogP contribution in [0.4, 0.5) is 0 Å². The summed E-state index contributed by atoms with van der Waals surface area (Å²) in [7, 11) is 0. The molecule has 4 aliphatic carbocycles. The Kier molecular flexibility index (Phi) is 7.24. The van der Waals surface area contributed by atoms with Gasteiger partial charge in [0, 0.05) is 39.1 Å². The molecule has 0 saturated carbocycles. The van der Waals surface area contributed by atoms with Crippen LogP contribution >= 0.6 is 0 Å². The summed E-state index contributed by atoms with van der Waals surface area (Å²) in [5, 5.41) is 2.60. The second kappa shape index (κ2) is 12.2. The lowest BCUT2D eigenvalue weighted by Gasteiger charge is -2.58. The first-order valence-electron chi connectivity index (χ1n) is 19.9. The molecule has 0 N–H and O–H groups in total. The molecule has 262 valence electrons. The topological polar surface area (TPSA) is 23.4 Å². The summed E-state index contributed by atoms with van der Waals surface area (Å²) in [6, 6.07) is 33.7. The molecule has 3 heterocycles. The van der Waals surface area contributed by atoms with Gasteiger partial charge in [0.15, 0.2) is 0 Å². The van der Waals surface area contributed by atoms with Crippen molar-refractivity contribution in [2.45, 2.75) is 75.9 Å². The molecule has 1 aromatic heterocycles. The molecular weight excluding hydrogens is 647 g/mol. The Bertz CT molecular complexity index is 2500. The maximum Gasteiger partial charge on any atom is 0.139 e. The van der Waals surface area contributed by atoms with Crippen LogP contribution in [0.15, 0.2) is 150 Å². The van der Waals surface area contributed by atoms with Crippen LogP contribution in [-0.2, 0) is 10.2 Å². The van der Waals surface area contributed by atoms with Gasteiger partial charge in [-0.15, -0.1) is 0 Å². The molecule has 0 amide bonds. The van der Waals surface area contributed by atoms with Crippen LogP contribution < -0.4 is 4.74 Å². The molecule has 1 saturated heterocycles. The van der Waals surface area contributed by atoms with Gasteiger partial charge in [0.1, 0.15) is 11.5 Å². The second-order valence-corrected chi connectivity index (χ2v) is 16.0. The fourth-order valence-electron chi connectivity index (χ4n) is 10.9. The monoisotopic (exact) mass is 691 g/mol. The molecule has 2 aliphatic heterocycles. The van der Waals surface area contributed by atoms with Gasteiger partial charge >= 0.3 is 0 Å². The van der Waals surface area contributed by atoms with Gasteiger partial charge in [0.25, 0.3) is 0 Å². The van der Waals surface area contributed by atoms with E-state index in [9.17, 15) is 0 Å². The number of para-hydroxylation sites is 4. The molecule has 5 aromatic rings. The van der Waals surface area contributed by atoms with Gasteiger partial charge in [0.2, 0.25) is 0 Å². The van der Waals surface area contributed by atoms with Crippen molar-refractivity contribution in [3.63, 3.8) is 0 Å². The van der Waals surface area contributed by atoms with Crippen LogP contribution in [0, 0.1) is 11.8 Å². The van der Waals surface area contributed by atoms with Gasteiger partial charge in [0.05, 0.1) is 28.7 Å². The van der Waals surface area contributed by atoms with Crippen LogP contribution in [0.5, 0.6) is 5.75 Å². The van der Waals surface area contributed by atoms with Crippen molar-refractivity contribution < 1.29 is 9.47 Å². The van der Waals surface area contributed by atoms with Crippen molar-refractivity contribution in [3.8, 4) is 11.4 Å². The van der Waals surface area contributed by atoms with E-state index in [0.717, 1.165) is 62.9 Å². The molecule has 0 radical (unpaired) electrons. The molecular formula is C50H45NO2. The molecule has 5 atom stereocenters. The van der Waals surface area contributed by atoms with Gasteiger partial charge in [-0.25, -0.2) is 0 Å². The van der Waals surface area contributed by atoms with Crippen molar-refractivity contribution in [2.75, 3.05) is 0 Å². The summed E-state index contributed by atoms with van der Waals surface area (Å²) in [6.45, 7) is 2.37. The van der Waals surface area contributed by atoms with Crippen LogP contribution in [0.25, 0.3) is 38.6 Å². The van der Waals surface area contributed by atoms with E-state index < -0.39 is 0 Å². The highest BCUT2D eigenvalue weighted by Crippen LogP contribution is 2.64. The average molecular weight is 692 g/mol. The standard InChI is InChI=1S/C50H45NO2/c1-32-26-29-46-43(30-32)50(42-23-13-20-37(49(42)53-46)33-14-4-2-5-15-33)40-22-9-11-25-45(40)52-47-31-34(27-28-41(47)50)36-19-12-21-39-38-18-8-10-24-44(38)51(48(36)39)35-16-6-3-7-17-35/h3-4,6-8,10,12-24,26,29,31-32,41,45,47H,2,5,9,11,25,27-28,30H2,1H3. The van der Waals surface area contributed by atoms with Crippen molar-refractivity contribution >= 4 is 33.0 Å². The van der Waals surface area contributed by atoms with Crippen molar-refractivity contribution in [1.82, 2.24) is 4.57 Å². The zero-order valence-electron chi connectivity index (χ0n) is 30.4. The highest BCUT2D eigenvalue weighted by atomic mass is 16.5. The smallest absolute Gasteiger partial charge is 0.139 e. The summed E-state index contributed by atoms with van der Waals surface area (Å²) in [6.07, 6.45) is 25.4. The highest BCUT2D eigenvalue weighted by Gasteiger charge is 2.59. The molecule has 5 unspecified atom stereocenters. The summed E-state index contributed by atoms with van der Waals surface area (Å²) >= 11 is 0. The van der Waals surface area contributed by atoms with E-state index in [2.05, 4.69) is 145 Å². The summed E-state index contributed by atoms with van der Waals surface area (Å²) in [5.74, 6) is 2.85. The van der Waals surface area contributed by atoms with E-state index in [0.29, 0.717) is 5.92 Å². The van der Waals surface area contributed by atoms with E-state index in [1.165, 1.54) is 66.5 Å². The van der Waals surface area contributed by atoms with E-state index >= 15 is 0 Å². The number of aromatic nitrogens is 1. The van der Waals surface area contributed by atoms with E-state index in [1.807, 2.05) is 0 Å². The molecule has 11 rings (SSSR count). The van der Waals surface area contributed by atoms with Crippen molar-refractivity contribution in [2.24, 2.45) is 11.8 Å². The molecule has 6 aliphatic rings. The third-order valence-electron chi connectivity index (χ3n) is 13.1. The van der Waals surface area contributed by atoms with Crippen LogP contribution in [0.2, 0.25) is 0 Å². The lowest BCUT2D eigenvalue weighted by Crippen LogP contribution is -2.57. The molecule has 53 heavy (non-hydrogen) atoms. The number of hydrogen-bond donors (Lipinski definition) is 0. The minimum absolute atomic E-state index is 0.0119. The lowest BCUT2D eigenvalue weighted by molar-refractivity contribution is -0.0650. The highest BCUT2D eigenvalue weighted by molar-refractivity contribution is 6.12. The zero-order valence-corrected chi connectivity index (χ0v) is 30.4. The first kappa shape index (κ1) is 31.4. The summed E-state index contributed by atoms with van der Waals surface area (Å²) < 4.78 is 17.0. The van der Waals surface area contributed by atoms with Crippen molar-refractivity contribution in [1.29, 1.82) is 0 Å². The number of hydrogen-bond acceptors (Lipinski definition) is 2. The number of benzene rings is 4. The minimum Gasteiger partial charge on any atom is -0.456 e. The van der Waals surface area contributed by atoms with Gasteiger partial charge in [-0.3, -0.25) is 0 Å². The number of fused-ring (bicyclic) bond motifs is 10. The lowest BCUT2D eigenvalue weighted by atomic mass is 9.51. The Hall–Kier alpha value is -5.12. The maximum absolute atomic E-state index is 7.37. The minimum atomic E-state index is -0.266. The van der Waals surface area contributed by atoms with E-state index in [1.54, 1.807) is 0 Å². The quantitative estimate of drug-likeness (QED) is 0.176. The van der Waals surface area contributed by atoms with Gasteiger partial charge in [-0.2, -0.15) is 0 Å². The van der Waals surface area contributed by atoms with Crippen LogP contribution in [0.3, 0.4) is 0 Å². The molecule has 1 spiro atoms. The normalized spacial score (nSPS) is 27.4. The second-order valence-electron chi connectivity index (χ2n) is 16.0. The third-order valence-corrected chi connectivity index (χ3v) is 13.1. The Morgan fingerprint density at radius 3 is 2.53 bits per heavy atom. The predicted octanol–water partition coefficient (Wildman–Crippen LogP) is 12.4. The fraction of sp³-hybridized carbons (Fsp3) is 0.280. The number of nitrogens with zero attached hydrogens (tertiary/aromatic N) is 1. The SMILES string of the molecule is CC1C=CC2=C(C1)C1(C3=CCCCC3OC3C=C(c4cccc5c6ccccc6n(-c6ccccc6)c45)CCC31)c1cccc(C3=CCCC=C3)c1O2. The average Bonchev–Trinajstić information content (AvgIpc) is 3.56. The first-order valence-corrected chi connectivity index (χ1v) is 19.9. The third kappa shape index (κ3) is 4.63. The maximum atomic E-state index is 7.37. The van der Waals surface area contributed by atoms with Crippen molar-refractivity contribution in [3.05, 3.63) is 167 Å². The van der Waals surface area contributed by atoms with E-state index in [-0.39, 0.29) is 23.5 Å². The largest absolute Gasteiger partial charge is 0.456 e. The number of rotatable bonds is 3. The fourth-order valence-corrected chi connectivity index (χ4v) is 10.9. The summed E-state index contributed by atoms with van der Waals surface area (Å²) in [5.41, 5.74) is 13.0. The molecule has 4 aromatic carbocycles. The molecule has 3 nitrogen and oxygen atoms in total.